The van der Waals surface area contributed by atoms with E-state index in [1.165, 1.54) is 35.1 Å². The van der Waals surface area contributed by atoms with Crippen molar-refractivity contribution in [3.05, 3.63) is 27.1 Å². The maximum atomic E-state index is 13.0. The fraction of sp³-hybridized carbons (Fsp3) is 0.619. The zero-order chi connectivity index (χ0) is 21.1. The molecule has 0 aromatic carbocycles. The summed E-state index contributed by atoms with van der Waals surface area (Å²) < 4.78 is 6.61. The Morgan fingerprint density at radius 1 is 1.20 bits per heavy atom. The first-order valence-corrected chi connectivity index (χ1v) is 11.5. The molecule has 2 aliphatic rings. The lowest BCUT2D eigenvalue weighted by molar-refractivity contribution is -0.135. The Morgan fingerprint density at radius 2 is 1.90 bits per heavy atom. The van der Waals surface area contributed by atoms with Crippen molar-refractivity contribution >= 4 is 33.4 Å². The topological polar surface area (TPSA) is 93.5 Å². The lowest BCUT2D eigenvalue weighted by atomic mass is 10.1. The van der Waals surface area contributed by atoms with Gasteiger partial charge in [-0.25, -0.2) is 4.98 Å². The molecule has 1 N–H and O–H groups in total. The summed E-state index contributed by atoms with van der Waals surface area (Å²) in [5.41, 5.74) is 0.371. The smallest absolute Gasteiger partial charge is 0.262 e. The summed E-state index contributed by atoms with van der Waals surface area (Å²) >= 11 is 1.25. The number of rotatable bonds is 4. The molecule has 0 unspecified atom stereocenters. The number of carbonyl (C=O) groups excluding carboxylic acids is 2. The average molecular weight is 433 g/mol. The minimum Gasteiger partial charge on any atom is -0.378 e. The van der Waals surface area contributed by atoms with E-state index in [2.05, 4.69) is 10.3 Å². The monoisotopic (exact) mass is 432 g/mol. The van der Waals surface area contributed by atoms with Crippen LogP contribution in [0.5, 0.6) is 0 Å². The second-order valence-electron chi connectivity index (χ2n) is 8.07. The Kier molecular flexibility index (Phi) is 6.48. The van der Waals surface area contributed by atoms with Crippen LogP contribution in [0.1, 0.15) is 53.8 Å². The number of ether oxygens (including phenoxy) is 1. The molecule has 1 saturated carbocycles. The summed E-state index contributed by atoms with van der Waals surface area (Å²) in [5, 5.41) is 3.58. The highest BCUT2D eigenvalue weighted by atomic mass is 32.1. The van der Waals surface area contributed by atoms with E-state index in [9.17, 15) is 14.4 Å². The summed E-state index contributed by atoms with van der Waals surface area (Å²) in [7, 11) is 0. The van der Waals surface area contributed by atoms with Gasteiger partial charge in [-0.1, -0.05) is 25.7 Å². The first-order valence-electron chi connectivity index (χ1n) is 10.7. The highest BCUT2D eigenvalue weighted by Gasteiger charge is 2.23. The van der Waals surface area contributed by atoms with Gasteiger partial charge in [0, 0.05) is 19.1 Å². The van der Waals surface area contributed by atoms with Crippen molar-refractivity contribution in [2.75, 3.05) is 26.3 Å². The molecule has 2 fully saturated rings. The molecule has 0 spiro atoms. The molecule has 2 amide bonds. The molecule has 1 aliphatic heterocycles. The summed E-state index contributed by atoms with van der Waals surface area (Å²) in [4.78, 5) is 45.6. The number of aromatic nitrogens is 2. The van der Waals surface area contributed by atoms with Crippen LogP contribution in [0.2, 0.25) is 0 Å². The number of morpholine rings is 1. The highest BCUT2D eigenvalue weighted by molar-refractivity contribution is 7.20. The van der Waals surface area contributed by atoms with Gasteiger partial charge in [-0.3, -0.25) is 19.0 Å². The third-order valence-corrected chi connectivity index (χ3v) is 7.18. The fourth-order valence-electron chi connectivity index (χ4n) is 4.22. The predicted octanol–water partition coefficient (Wildman–Crippen LogP) is 2.08. The van der Waals surface area contributed by atoms with E-state index in [0.717, 1.165) is 25.7 Å². The maximum Gasteiger partial charge on any atom is 0.262 e. The lowest BCUT2D eigenvalue weighted by Crippen LogP contribution is -2.43. The van der Waals surface area contributed by atoms with Gasteiger partial charge in [0.15, 0.2) is 0 Å². The Bertz CT molecular complexity index is 985. The Labute approximate surface area is 179 Å². The Hall–Kier alpha value is -2.26. The van der Waals surface area contributed by atoms with E-state index in [4.69, 9.17) is 4.74 Å². The maximum absolute atomic E-state index is 13.0. The zero-order valence-corrected chi connectivity index (χ0v) is 18.1. The third-order valence-electron chi connectivity index (χ3n) is 5.98. The molecular weight excluding hydrogens is 404 g/mol. The number of aryl methyl sites for hydroxylation is 1. The Balaban J connectivity index is 1.54. The van der Waals surface area contributed by atoms with Crippen LogP contribution >= 0.6 is 11.3 Å². The predicted molar refractivity (Wildman–Crippen MR) is 115 cm³/mol. The number of amides is 2. The van der Waals surface area contributed by atoms with Crippen molar-refractivity contribution in [2.24, 2.45) is 0 Å². The van der Waals surface area contributed by atoms with Crippen LogP contribution in [0.4, 0.5) is 0 Å². The first-order chi connectivity index (χ1) is 14.5. The largest absolute Gasteiger partial charge is 0.378 e. The number of hydrogen-bond donors (Lipinski definition) is 1. The molecule has 4 rings (SSSR count). The number of thiophene rings is 1. The molecule has 3 heterocycles. The highest BCUT2D eigenvalue weighted by Crippen LogP contribution is 2.27. The van der Waals surface area contributed by atoms with Crippen LogP contribution in [0.3, 0.4) is 0 Å². The van der Waals surface area contributed by atoms with E-state index in [1.807, 2.05) is 0 Å². The van der Waals surface area contributed by atoms with Gasteiger partial charge in [0.05, 0.1) is 29.8 Å². The molecule has 2 aromatic rings. The molecule has 0 atom stereocenters. The summed E-state index contributed by atoms with van der Waals surface area (Å²) in [6.07, 6.45) is 8.14. The van der Waals surface area contributed by atoms with Gasteiger partial charge in [0.1, 0.15) is 11.4 Å². The molecule has 1 aliphatic carbocycles. The number of hydrogen-bond acceptors (Lipinski definition) is 6. The van der Waals surface area contributed by atoms with E-state index in [0.29, 0.717) is 47.0 Å². The van der Waals surface area contributed by atoms with Gasteiger partial charge in [0.2, 0.25) is 5.91 Å². The molecule has 1 saturated heterocycles. The zero-order valence-electron chi connectivity index (χ0n) is 17.3. The summed E-state index contributed by atoms with van der Waals surface area (Å²) in [5.74, 6) is -0.251. The van der Waals surface area contributed by atoms with Gasteiger partial charge in [0.25, 0.3) is 11.5 Å². The molecule has 0 radical (unpaired) electrons. The van der Waals surface area contributed by atoms with Crippen molar-refractivity contribution in [2.45, 2.75) is 58.0 Å². The van der Waals surface area contributed by atoms with E-state index in [1.54, 1.807) is 11.8 Å². The number of nitrogens with zero attached hydrogens (tertiary/aromatic N) is 3. The van der Waals surface area contributed by atoms with Gasteiger partial charge >= 0.3 is 0 Å². The summed E-state index contributed by atoms with van der Waals surface area (Å²) in [6, 6.07) is 0.195. The first kappa shape index (κ1) is 21.0. The number of nitrogens with one attached hydrogen (secondary N) is 1. The van der Waals surface area contributed by atoms with Crippen molar-refractivity contribution in [3.8, 4) is 0 Å². The van der Waals surface area contributed by atoms with E-state index >= 15 is 0 Å². The van der Waals surface area contributed by atoms with Crippen molar-refractivity contribution in [3.63, 3.8) is 0 Å². The van der Waals surface area contributed by atoms with E-state index in [-0.39, 0.29) is 30.0 Å². The molecule has 9 heteroatoms. The van der Waals surface area contributed by atoms with E-state index < -0.39 is 0 Å². The van der Waals surface area contributed by atoms with Gasteiger partial charge in [-0.2, -0.15) is 0 Å². The normalized spacial score (nSPS) is 18.4. The number of fused-ring (bicyclic) bond motifs is 1. The van der Waals surface area contributed by atoms with Crippen LogP contribution in [0, 0.1) is 6.92 Å². The van der Waals surface area contributed by atoms with Crippen molar-refractivity contribution in [1.29, 1.82) is 0 Å². The minimum absolute atomic E-state index is 0.0549. The quantitative estimate of drug-likeness (QED) is 0.747. The van der Waals surface area contributed by atoms with Crippen LogP contribution < -0.4 is 10.9 Å². The number of carbonyl (C=O) groups is 2. The standard InChI is InChI=1S/C21H28N4O4S/c1-14-17-20(30-18(14)19(27)23-15-6-4-2-3-5-7-15)22-13-25(21(17)28)12-16(26)24-8-10-29-11-9-24/h13,15H,2-12H2,1H3,(H,23,27). The lowest BCUT2D eigenvalue weighted by Gasteiger charge is -2.26. The molecule has 8 nitrogen and oxygen atoms in total. The van der Waals surface area contributed by atoms with Gasteiger partial charge < -0.3 is 15.0 Å². The second kappa shape index (κ2) is 9.26. The van der Waals surface area contributed by atoms with Gasteiger partial charge in [-0.15, -0.1) is 11.3 Å². The van der Waals surface area contributed by atoms with Crippen LogP contribution in [-0.4, -0.2) is 58.6 Å². The molecular formula is C21H28N4O4S. The fourth-order valence-corrected chi connectivity index (χ4v) is 5.26. The van der Waals surface area contributed by atoms with Crippen LogP contribution in [0.25, 0.3) is 10.2 Å². The third kappa shape index (κ3) is 4.41. The van der Waals surface area contributed by atoms with Crippen molar-refractivity contribution in [1.82, 2.24) is 19.8 Å². The van der Waals surface area contributed by atoms with Crippen LogP contribution in [-0.2, 0) is 16.1 Å². The molecule has 2 aromatic heterocycles. The molecule has 30 heavy (non-hydrogen) atoms. The summed E-state index contributed by atoms with van der Waals surface area (Å²) in [6.45, 7) is 3.83. The second-order valence-corrected chi connectivity index (χ2v) is 9.07. The van der Waals surface area contributed by atoms with Crippen LogP contribution in [0.15, 0.2) is 11.1 Å². The minimum atomic E-state index is -0.274. The molecule has 0 bridgehead atoms. The van der Waals surface area contributed by atoms with Crippen molar-refractivity contribution < 1.29 is 14.3 Å². The molecule has 162 valence electrons. The average Bonchev–Trinajstić information content (AvgIpc) is 2.91. The SMILES string of the molecule is Cc1c(C(=O)NC2CCCCCC2)sc2ncn(CC(=O)N3CCOCC3)c(=O)c12. The Morgan fingerprint density at radius 3 is 2.60 bits per heavy atom. The van der Waals surface area contributed by atoms with Gasteiger partial charge in [-0.05, 0) is 25.3 Å².